The minimum atomic E-state index is -0.673. The summed E-state index contributed by atoms with van der Waals surface area (Å²) in [4.78, 5) is 27.2. The van der Waals surface area contributed by atoms with Crippen molar-refractivity contribution in [2.75, 3.05) is 13.1 Å². The van der Waals surface area contributed by atoms with Crippen molar-refractivity contribution in [3.63, 3.8) is 0 Å². The first-order valence-corrected chi connectivity index (χ1v) is 14.0. The van der Waals surface area contributed by atoms with Crippen molar-refractivity contribution < 1.29 is 19.4 Å². The molecule has 0 aromatic carbocycles. The fourth-order valence-electron chi connectivity index (χ4n) is 8.74. The predicted molar refractivity (Wildman–Crippen MR) is 134 cm³/mol. The topological polar surface area (TPSA) is 66.8 Å². The number of aliphatic hydroxyl groups is 1. The van der Waals surface area contributed by atoms with E-state index in [0.29, 0.717) is 36.8 Å². The molecule has 4 rings (SSSR count). The van der Waals surface area contributed by atoms with Crippen LogP contribution in [-0.2, 0) is 14.3 Å². The summed E-state index contributed by atoms with van der Waals surface area (Å²) >= 11 is 0. The van der Waals surface area contributed by atoms with Gasteiger partial charge in [-0.3, -0.25) is 4.79 Å². The standard InChI is InChI=1S/C29H47NO4/c1-6-16-30(17-7-2)26(32)27(33)34-19(3)23-10-11-24-22-9-8-20-18-21(31)12-14-28(20,4)25(22)13-15-29(23,24)5/h8,19,21-25,31H,6-7,9-18H2,1-5H3/t19?,21-,22-,23+,24-,25-,28-,29+/m0/s1. The Morgan fingerprint density at radius 1 is 1.09 bits per heavy atom. The maximum absolute atomic E-state index is 12.8. The van der Waals surface area contributed by atoms with Crippen LogP contribution < -0.4 is 0 Å². The van der Waals surface area contributed by atoms with E-state index in [-0.39, 0.29) is 23.0 Å². The molecule has 3 fully saturated rings. The Balaban J connectivity index is 1.45. The normalized spacial score (nSPS) is 39.8. The molecule has 8 atom stereocenters. The van der Waals surface area contributed by atoms with Gasteiger partial charge in [-0.05, 0) is 99.7 Å². The fraction of sp³-hybridized carbons (Fsp3) is 0.862. The number of carbonyl (C=O) groups excluding carboxylic acids is 2. The Kier molecular flexibility index (Phi) is 7.53. The van der Waals surface area contributed by atoms with E-state index < -0.39 is 11.9 Å². The molecule has 34 heavy (non-hydrogen) atoms. The molecule has 0 bridgehead atoms. The third-order valence-corrected chi connectivity index (χ3v) is 10.5. The Hall–Kier alpha value is -1.36. The smallest absolute Gasteiger partial charge is 0.397 e. The first-order chi connectivity index (χ1) is 16.2. The van der Waals surface area contributed by atoms with Gasteiger partial charge in [0.2, 0.25) is 0 Å². The number of hydrogen-bond donors (Lipinski definition) is 1. The molecule has 5 nitrogen and oxygen atoms in total. The zero-order valence-corrected chi connectivity index (χ0v) is 22.1. The van der Waals surface area contributed by atoms with Crippen LogP contribution in [0.1, 0.15) is 98.8 Å². The number of esters is 1. The quantitative estimate of drug-likeness (QED) is 0.314. The minimum absolute atomic E-state index is 0.159. The molecular weight excluding hydrogens is 426 g/mol. The molecule has 1 N–H and O–H groups in total. The van der Waals surface area contributed by atoms with Gasteiger partial charge >= 0.3 is 11.9 Å². The van der Waals surface area contributed by atoms with Gasteiger partial charge in [-0.25, -0.2) is 4.79 Å². The monoisotopic (exact) mass is 473 g/mol. The van der Waals surface area contributed by atoms with Crippen molar-refractivity contribution in [2.45, 2.75) is 111 Å². The maximum atomic E-state index is 12.8. The molecule has 0 saturated heterocycles. The number of rotatable bonds is 6. The highest BCUT2D eigenvalue weighted by molar-refractivity contribution is 6.32. The number of fused-ring (bicyclic) bond motifs is 5. The van der Waals surface area contributed by atoms with Gasteiger partial charge in [-0.15, -0.1) is 0 Å². The van der Waals surface area contributed by atoms with Gasteiger partial charge in [0.15, 0.2) is 0 Å². The van der Waals surface area contributed by atoms with Crippen molar-refractivity contribution >= 4 is 11.9 Å². The van der Waals surface area contributed by atoms with E-state index in [2.05, 4.69) is 19.9 Å². The second-order valence-electron chi connectivity index (χ2n) is 12.3. The summed E-state index contributed by atoms with van der Waals surface area (Å²) in [6.45, 7) is 12.2. The highest BCUT2D eigenvalue weighted by Gasteiger charge is 2.59. The Labute approximate surface area is 206 Å². The van der Waals surface area contributed by atoms with Crippen LogP contribution in [0.25, 0.3) is 0 Å². The molecule has 0 radical (unpaired) electrons. The van der Waals surface area contributed by atoms with Crippen LogP contribution in [0.2, 0.25) is 0 Å². The largest absolute Gasteiger partial charge is 0.455 e. The molecule has 0 aliphatic heterocycles. The van der Waals surface area contributed by atoms with Gasteiger partial charge in [-0.1, -0.05) is 39.3 Å². The van der Waals surface area contributed by atoms with E-state index in [0.717, 1.165) is 44.9 Å². The lowest BCUT2D eigenvalue weighted by Gasteiger charge is -2.58. The Morgan fingerprint density at radius 3 is 2.47 bits per heavy atom. The second-order valence-corrected chi connectivity index (χ2v) is 12.3. The van der Waals surface area contributed by atoms with Crippen molar-refractivity contribution in [3.05, 3.63) is 11.6 Å². The number of aliphatic hydroxyl groups excluding tert-OH is 1. The van der Waals surface area contributed by atoms with E-state index in [1.165, 1.54) is 24.8 Å². The van der Waals surface area contributed by atoms with E-state index in [1.54, 1.807) is 4.90 Å². The zero-order chi connectivity index (χ0) is 24.7. The molecule has 192 valence electrons. The summed E-state index contributed by atoms with van der Waals surface area (Å²) < 4.78 is 5.87. The van der Waals surface area contributed by atoms with E-state index in [9.17, 15) is 14.7 Å². The number of nitrogens with zero attached hydrogens (tertiary/aromatic N) is 1. The predicted octanol–water partition coefficient (Wildman–Crippen LogP) is 5.51. The lowest BCUT2D eigenvalue weighted by atomic mass is 9.47. The number of carbonyl (C=O) groups is 2. The molecule has 0 spiro atoms. The van der Waals surface area contributed by atoms with Crippen LogP contribution in [0.5, 0.6) is 0 Å². The molecule has 5 heteroatoms. The molecule has 1 unspecified atom stereocenters. The second kappa shape index (κ2) is 9.95. The van der Waals surface area contributed by atoms with Crippen molar-refractivity contribution in [1.29, 1.82) is 0 Å². The van der Waals surface area contributed by atoms with Gasteiger partial charge in [0.25, 0.3) is 0 Å². The Bertz CT molecular complexity index is 802. The number of amides is 1. The molecule has 0 aromatic heterocycles. The molecule has 3 saturated carbocycles. The Morgan fingerprint density at radius 2 is 1.79 bits per heavy atom. The van der Waals surface area contributed by atoms with Gasteiger partial charge < -0.3 is 14.7 Å². The highest BCUT2D eigenvalue weighted by atomic mass is 16.5. The molecule has 0 aromatic rings. The van der Waals surface area contributed by atoms with Crippen LogP contribution in [-0.4, -0.2) is 47.2 Å². The summed E-state index contributed by atoms with van der Waals surface area (Å²) in [7, 11) is 0. The molecular formula is C29H47NO4. The lowest BCUT2D eigenvalue weighted by molar-refractivity contribution is -0.167. The molecule has 4 aliphatic rings. The SMILES string of the molecule is CCCN(CCC)C(=O)C(=O)OC(C)[C@H]1CC[C@H]2[C@@H]3CC=C4C[C@@H](O)CC[C@]4(C)[C@H]3CC[C@]12C. The maximum Gasteiger partial charge on any atom is 0.397 e. The summed E-state index contributed by atoms with van der Waals surface area (Å²) in [5.41, 5.74) is 1.91. The average Bonchev–Trinajstić information content (AvgIpc) is 3.16. The van der Waals surface area contributed by atoms with Crippen molar-refractivity contribution in [3.8, 4) is 0 Å². The number of ether oxygens (including phenoxy) is 1. The van der Waals surface area contributed by atoms with Gasteiger partial charge in [0.05, 0.1) is 6.10 Å². The summed E-state index contributed by atoms with van der Waals surface area (Å²) in [5, 5.41) is 10.2. The number of hydrogen-bond acceptors (Lipinski definition) is 4. The van der Waals surface area contributed by atoms with E-state index in [4.69, 9.17) is 4.74 Å². The lowest BCUT2D eigenvalue weighted by Crippen LogP contribution is -2.51. The van der Waals surface area contributed by atoms with Gasteiger partial charge in [-0.2, -0.15) is 0 Å². The van der Waals surface area contributed by atoms with Crippen molar-refractivity contribution in [2.24, 2.45) is 34.5 Å². The first kappa shape index (κ1) is 25.7. The number of allylic oxidation sites excluding steroid dienone is 1. The van der Waals surface area contributed by atoms with E-state index in [1.807, 2.05) is 20.8 Å². The van der Waals surface area contributed by atoms with Crippen molar-refractivity contribution in [1.82, 2.24) is 4.90 Å². The summed E-state index contributed by atoms with van der Waals surface area (Å²) in [5.74, 6) is 1.19. The minimum Gasteiger partial charge on any atom is -0.455 e. The highest BCUT2D eigenvalue weighted by Crippen LogP contribution is 2.66. The van der Waals surface area contributed by atoms with Crippen LogP contribution >= 0.6 is 0 Å². The average molecular weight is 474 g/mol. The summed E-state index contributed by atoms with van der Waals surface area (Å²) in [6, 6.07) is 0. The summed E-state index contributed by atoms with van der Waals surface area (Å²) in [6.07, 6.45) is 12.4. The fourth-order valence-corrected chi connectivity index (χ4v) is 8.74. The van der Waals surface area contributed by atoms with Gasteiger partial charge in [0, 0.05) is 19.0 Å². The molecule has 0 heterocycles. The third-order valence-electron chi connectivity index (χ3n) is 10.5. The van der Waals surface area contributed by atoms with Crippen LogP contribution in [0, 0.1) is 34.5 Å². The molecule has 4 aliphatic carbocycles. The van der Waals surface area contributed by atoms with Crippen LogP contribution in [0.4, 0.5) is 0 Å². The third kappa shape index (κ3) is 4.35. The van der Waals surface area contributed by atoms with Crippen LogP contribution in [0.3, 0.4) is 0 Å². The first-order valence-electron chi connectivity index (χ1n) is 14.0. The van der Waals surface area contributed by atoms with Gasteiger partial charge in [0.1, 0.15) is 6.10 Å². The van der Waals surface area contributed by atoms with Crippen LogP contribution in [0.15, 0.2) is 11.6 Å². The zero-order valence-electron chi connectivity index (χ0n) is 22.1. The molecule has 1 amide bonds. The van der Waals surface area contributed by atoms with E-state index >= 15 is 0 Å².